The van der Waals surface area contributed by atoms with Crippen LogP contribution in [0, 0.1) is 6.92 Å². The highest BCUT2D eigenvalue weighted by Crippen LogP contribution is 2.32. The van der Waals surface area contributed by atoms with Crippen LogP contribution in [0.5, 0.6) is 0 Å². The Morgan fingerprint density at radius 2 is 2.33 bits per heavy atom. The summed E-state index contributed by atoms with van der Waals surface area (Å²) in [5, 5.41) is 12.6. The van der Waals surface area contributed by atoms with Crippen LogP contribution in [0.25, 0.3) is 0 Å². The summed E-state index contributed by atoms with van der Waals surface area (Å²) >= 11 is 5.99. The van der Waals surface area contributed by atoms with E-state index >= 15 is 0 Å². The molecule has 3 nitrogen and oxygen atoms in total. The number of aryl methyl sites for hydroxylation is 1. The van der Waals surface area contributed by atoms with Crippen LogP contribution >= 0.6 is 11.6 Å². The highest BCUT2D eigenvalue weighted by Gasteiger charge is 2.24. The number of hydrogen-bond acceptors (Lipinski definition) is 2. The van der Waals surface area contributed by atoms with Gasteiger partial charge in [-0.15, -0.1) is 0 Å². The standard InChI is InChI=1S/C11H12ClNO2/c1-6-8(12)4-2-7-3-5-9(11(14)15)13-10(6)7/h2,4,9,13H,3,5H2,1H3,(H,14,15). The third-order valence-electron chi connectivity index (χ3n) is 2.80. The van der Waals surface area contributed by atoms with E-state index in [1.165, 1.54) is 0 Å². The lowest BCUT2D eigenvalue weighted by Gasteiger charge is -2.26. The Bertz CT molecular complexity index is 417. The molecule has 4 heteroatoms. The zero-order valence-corrected chi connectivity index (χ0v) is 9.14. The van der Waals surface area contributed by atoms with Crippen LogP contribution in [0.1, 0.15) is 17.5 Å². The maximum atomic E-state index is 10.9. The predicted molar refractivity (Wildman–Crippen MR) is 59.6 cm³/mol. The first-order chi connectivity index (χ1) is 7.09. The first-order valence-corrected chi connectivity index (χ1v) is 5.24. The monoisotopic (exact) mass is 225 g/mol. The van der Waals surface area contributed by atoms with Crippen LogP contribution in [0.3, 0.4) is 0 Å². The molecule has 0 amide bonds. The number of anilines is 1. The van der Waals surface area contributed by atoms with E-state index < -0.39 is 12.0 Å². The van der Waals surface area contributed by atoms with Crippen molar-refractivity contribution in [2.75, 3.05) is 5.32 Å². The smallest absolute Gasteiger partial charge is 0.326 e. The third kappa shape index (κ3) is 1.79. The highest BCUT2D eigenvalue weighted by molar-refractivity contribution is 6.31. The van der Waals surface area contributed by atoms with Crippen molar-refractivity contribution in [3.05, 3.63) is 28.3 Å². The molecule has 0 radical (unpaired) electrons. The largest absolute Gasteiger partial charge is 0.480 e. The molecule has 2 N–H and O–H groups in total. The van der Waals surface area contributed by atoms with Gasteiger partial charge in [0.2, 0.25) is 0 Å². The van der Waals surface area contributed by atoms with Crippen molar-refractivity contribution in [2.45, 2.75) is 25.8 Å². The number of hydrogen-bond donors (Lipinski definition) is 2. The highest BCUT2D eigenvalue weighted by atomic mass is 35.5. The summed E-state index contributed by atoms with van der Waals surface area (Å²) < 4.78 is 0. The Morgan fingerprint density at radius 3 is 3.00 bits per heavy atom. The molecular formula is C11H12ClNO2. The molecule has 1 aliphatic heterocycles. The van der Waals surface area contributed by atoms with Crippen molar-refractivity contribution in [1.29, 1.82) is 0 Å². The van der Waals surface area contributed by atoms with Gasteiger partial charge in [0.1, 0.15) is 6.04 Å². The first kappa shape index (κ1) is 10.3. The molecule has 1 aromatic rings. The number of nitrogens with one attached hydrogen (secondary N) is 1. The van der Waals surface area contributed by atoms with Gasteiger partial charge in [0, 0.05) is 10.7 Å². The second-order valence-electron chi connectivity index (χ2n) is 3.78. The average Bonchev–Trinajstić information content (AvgIpc) is 2.23. The molecule has 0 bridgehead atoms. The molecule has 0 aliphatic carbocycles. The summed E-state index contributed by atoms with van der Waals surface area (Å²) in [7, 11) is 0. The molecule has 0 spiro atoms. The van der Waals surface area contributed by atoms with E-state index in [1.54, 1.807) is 0 Å². The summed E-state index contributed by atoms with van der Waals surface area (Å²) in [6.07, 6.45) is 1.42. The van der Waals surface area contributed by atoms with Gasteiger partial charge in [-0.05, 0) is 37.0 Å². The Balaban J connectivity index is 2.39. The van der Waals surface area contributed by atoms with E-state index in [2.05, 4.69) is 5.32 Å². The van der Waals surface area contributed by atoms with Crippen molar-refractivity contribution in [2.24, 2.45) is 0 Å². The van der Waals surface area contributed by atoms with E-state index in [9.17, 15) is 4.79 Å². The van der Waals surface area contributed by atoms with Crippen molar-refractivity contribution in [1.82, 2.24) is 0 Å². The lowest BCUT2D eigenvalue weighted by atomic mass is 9.95. The Labute approximate surface area is 93.1 Å². The fraction of sp³-hybridized carbons (Fsp3) is 0.364. The summed E-state index contributed by atoms with van der Waals surface area (Å²) in [4.78, 5) is 10.9. The van der Waals surface area contributed by atoms with Crippen LogP contribution < -0.4 is 5.32 Å². The maximum absolute atomic E-state index is 10.9. The van der Waals surface area contributed by atoms with Crippen LogP contribution in [0.15, 0.2) is 12.1 Å². The molecule has 1 atom stereocenters. The van der Waals surface area contributed by atoms with Gasteiger partial charge in [0.25, 0.3) is 0 Å². The Kier molecular flexibility index (Phi) is 2.57. The molecule has 0 aromatic heterocycles. The molecule has 0 fully saturated rings. The number of benzene rings is 1. The van der Waals surface area contributed by atoms with Crippen molar-refractivity contribution < 1.29 is 9.90 Å². The van der Waals surface area contributed by atoms with E-state index in [-0.39, 0.29) is 0 Å². The number of rotatable bonds is 1. The number of carbonyl (C=O) groups is 1. The van der Waals surface area contributed by atoms with Gasteiger partial charge in [-0.2, -0.15) is 0 Å². The fourth-order valence-electron chi connectivity index (χ4n) is 1.88. The van der Waals surface area contributed by atoms with E-state index in [0.717, 1.165) is 23.2 Å². The molecule has 1 aliphatic rings. The molecule has 1 heterocycles. The molecule has 0 saturated heterocycles. The van der Waals surface area contributed by atoms with Gasteiger partial charge in [0.05, 0.1) is 0 Å². The summed E-state index contributed by atoms with van der Waals surface area (Å²) in [5.41, 5.74) is 2.97. The van der Waals surface area contributed by atoms with E-state index in [4.69, 9.17) is 16.7 Å². The second-order valence-corrected chi connectivity index (χ2v) is 4.19. The van der Waals surface area contributed by atoms with Crippen LogP contribution in [0.4, 0.5) is 5.69 Å². The minimum atomic E-state index is -0.806. The number of halogens is 1. The van der Waals surface area contributed by atoms with Crippen LogP contribution in [-0.4, -0.2) is 17.1 Å². The Morgan fingerprint density at radius 1 is 1.60 bits per heavy atom. The number of carboxylic acid groups (broad SMARTS) is 1. The minimum absolute atomic E-state index is 0.491. The maximum Gasteiger partial charge on any atom is 0.326 e. The zero-order chi connectivity index (χ0) is 11.0. The van der Waals surface area contributed by atoms with Crippen molar-refractivity contribution in [3.63, 3.8) is 0 Å². The van der Waals surface area contributed by atoms with Crippen molar-refractivity contribution >= 4 is 23.3 Å². The lowest BCUT2D eigenvalue weighted by Crippen LogP contribution is -2.33. The molecule has 1 aromatic carbocycles. The lowest BCUT2D eigenvalue weighted by molar-refractivity contribution is -0.138. The molecule has 0 saturated carbocycles. The van der Waals surface area contributed by atoms with Gasteiger partial charge in [-0.1, -0.05) is 17.7 Å². The Hall–Kier alpha value is -1.22. The van der Waals surface area contributed by atoms with Gasteiger partial charge in [0.15, 0.2) is 0 Å². The van der Waals surface area contributed by atoms with Crippen molar-refractivity contribution in [3.8, 4) is 0 Å². The van der Waals surface area contributed by atoms with Crippen LogP contribution in [-0.2, 0) is 11.2 Å². The number of aliphatic carboxylic acids is 1. The SMILES string of the molecule is Cc1c(Cl)ccc2c1NC(C(=O)O)CC2. The molecular weight excluding hydrogens is 214 g/mol. The third-order valence-corrected chi connectivity index (χ3v) is 3.21. The summed E-state index contributed by atoms with van der Waals surface area (Å²) in [5.74, 6) is -0.806. The second kappa shape index (κ2) is 3.74. The van der Waals surface area contributed by atoms with E-state index in [1.807, 2.05) is 19.1 Å². The molecule has 15 heavy (non-hydrogen) atoms. The normalized spacial score (nSPS) is 19.2. The van der Waals surface area contributed by atoms with Gasteiger partial charge in [-0.3, -0.25) is 0 Å². The van der Waals surface area contributed by atoms with E-state index in [0.29, 0.717) is 11.4 Å². The summed E-state index contributed by atoms with van der Waals surface area (Å²) in [6, 6.07) is 3.32. The predicted octanol–water partition coefficient (Wildman–Crippen LogP) is 2.46. The quantitative estimate of drug-likeness (QED) is 0.772. The minimum Gasteiger partial charge on any atom is -0.480 e. The molecule has 80 valence electrons. The number of fused-ring (bicyclic) bond motifs is 1. The van der Waals surface area contributed by atoms with Gasteiger partial charge >= 0.3 is 5.97 Å². The number of carboxylic acids is 1. The van der Waals surface area contributed by atoms with Gasteiger partial charge < -0.3 is 10.4 Å². The molecule has 2 rings (SSSR count). The summed E-state index contributed by atoms with van der Waals surface area (Å²) in [6.45, 7) is 1.90. The topological polar surface area (TPSA) is 49.3 Å². The zero-order valence-electron chi connectivity index (χ0n) is 8.38. The average molecular weight is 226 g/mol. The fourth-order valence-corrected chi connectivity index (χ4v) is 2.04. The van der Waals surface area contributed by atoms with Crippen LogP contribution in [0.2, 0.25) is 5.02 Å². The molecule has 1 unspecified atom stereocenters. The van der Waals surface area contributed by atoms with Gasteiger partial charge in [-0.25, -0.2) is 4.79 Å². The first-order valence-electron chi connectivity index (χ1n) is 4.87.